The molecule has 3 nitrogen and oxygen atoms in total. The molecule has 1 atom stereocenters. The molecule has 3 heteroatoms. The summed E-state index contributed by atoms with van der Waals surface area (Å²) in [7, 11) is 0. The van der Waals surface area contributed by atoms with E-state index in [-0.39, 0.29) is 0 Å². The van der Waals surface area contributed by atoms with Crippen molar-refractivity contribution in [1.29, 1.82) is 0 Å². The lowest BCUT2D eigenvalue weighted by Gasteiger charge is -2.19. The Balaban J connectivity index is 2.34. The SMILES string of the molecule is C#CC(O)c1ccc2c(c1)OCCO2. The van der Waals surface area contributed by atoms with Crippen LogP contribution in [0.1, 0.15) is 11.7 Å². The molecule has 1 N–H and O–H groups in total. The number of hydrogen-bond donors (Lipinski definition) is 1. The average Bonchev–Trinajstić information content (AvgIpc) is 2.27. The Morgan fingerprint density at radius 1 is 1.29 bits per heavy atom. The number of aliphatic hydroxyl groups is 1. The first-order valence-electron chi connectivity index (χ1n) is 4.35. The van der Waals surface area contributed by atoms with Crippen molar-refractivity contribution in [3.05, 3.63) is 23.8 Å². The van der Waals surface area contributed by atoms with E-state index in [2.05, 4.69) is 5.92 Å². The summed E-state index contributed by atoms with van der Waals surface area (Å²) in [6, 6.07) is 5.20. The average molecular weight is 190 g/mol. The second-order valence-electron chi connectivity index (χ2n) is 2.97. The molecule has 0 saturated carbocycles. The minimum absolute atomic E-state index is 0.530. The number of fused-ring (bicyclic) bond motifs is 1. The van der Waals surface area contributed by atoms with Crippen molar-refractivity contribution in [2.75, 3.05) is 13.2 Å². The summed E-state index contributed by atoms with van der Waals surface area (Å²) in [5, 5.41) is 9.40. The van der Waals surface area contributed by atoms with Gasteiger partial charge in [0.05, 0.1) is 0 Å². The Hall–Kier alpha value is -1.66. The molecule has 0 aromatic heterocycles. The van der Waals surface area contributed by atoms with Crippen LogP contribution >= 0.6 is 0 Å². The summed E-state index contributed by atoms with van der Waals surface area (Å²) in [4.78, 5) is 0. The maximum atomic E-state index is 9.40. The van der Waals surface area contributed by atoms with Gasteiger partial charge >= 0.3 is 0 Å². The molecule has 1 aliphatic rings. The Morgan fingerprint density at radius 2 is 2.00 bits per heavy atom. The number of hydrogen-bond acceptors (Lipinski definition) is 3. The highest BCUT2D eigenvalue weighted by atomic mass is 16.6. The highest BCUT2D eigenvalue weighted by Gasteiger charge is 2.13. The molecular formula is C11H10O3. The van der Waals surface area contributed by atoms with Gasteiger partial charge in [-0.3, -0.25) is 0 Å². The van der Waals surface area contributed by atoms with E-state index in [0.717, 1.165) is 0 Å². The van der Waals surface area contributed by atoms with Gasteiger partial charge in [-0.15, -0.1) is 6.42 Å². The third kappa shape index (κ3) is 1.52. The minimum atomic E-state index is -0.883. The van der Waals surface area contributed by atoms with Crippen LogP contribution in [0.15, 0.2) is 18.2 Å². The quantitative estimate of drug-likeness (QED) is 0.674. The number of rotatable bonds is 1. The predicted molar refractivity (Wildman–Crippen MR) is 51.2 cm³/mol. The Morgan fingerprint density at radius 3 is 2.71 bits per heavy atom. The summed E-state index contributed by atoms with van der Waals surface area (Å²) in [5.74, 6) is 3.59. The number of ether oxygens (including phenoxy) is 2. The van der Waals surface area contributed by atoms with E-state index in [1.807, 2.05) is 0 Å². The lowest BCUT2D eigenvalue weighted by atomic mass is 10.1. The molecule has 1 aromatic carbocycles. The smallest absolute Gasteiger partial charge is 0.161 e. The molecular weight excluding hydrogens is 180 g/mol. The highest BCUT2D eigenvalue weighted by Crippen LogP contribution is 2.32. The van der Waals surface area contributed by atoms with Gasteiger partial charge in [0.2, 0.25) is 0 Å². The topological polar surface area (TPSA) is 38.7 Å². The third-order valence-electron chi connectivity index (χ3n) is 2.04. The van der Waals surface area contributed by atoms with Crippen molar-refractivity contribution < 1.29 is 14.6 Å². The lowest BCUT2D eigenvalue weighted by molar-refractivity contribution is 0.170. The van der Waals surface area contributed by atoms with Gasteiger partial charge in [-0.1, -0.05) is 12.0 Å². The van der Waals surface area contributed by atoms with Crippen molar-refractivity contribution in [1.82, 2.24) is 0 Å². The fraction of sp³-hybridized carbons (Fsp3) is 0.273. The number of terminal acetylenes is 1. The third-order valence-corrected chi connectivity index (χ3v) is 2.04. The van der Waals surface area contributed by atoms with Crippen molar-refractivity contribution in [3.63, 3.8) is 0 Å². The van der Waals surface area contributed by atoms with Gasteiger partial charge in [-0.2, -0.15) is 0 Å². The van der Waals surface area contributed by atoms with Gasteiger partial charge in [-0.25, -0.2) is 0 Å². The van der Waals surface area contributed by atoms with Crippen molar-refractivity contribution >= 4 is 0 Å². The van der Waals surface area contributed by atoms with E-state index in [1.54, 1.807) is 18.2 Å². The summed E-state index contributed by atoms with van der Waals surface area (Å²) in [6.45, 7) is 1.09. The number of benzene rings is 1. The van der Waals surface area contributed by atoms with E-state index >= 15 is 0 Å². The van der Waals surface area contributed by atoms with Crippen LogP contribution in [0.4, 0.5) is 0 Å². The Kier molecular flexibility index (Phi) is 2.30. The molecule has 72 valence electrons. The molecule has 0 amide bonds. The summed E-state index contributed by atoms with van der Waals surface area (Å²) < 4.78 is 10.7. The zero-order chi connectivity index (χ0) is 9.97. The van der Waals surface area contributed by atoms with Crippen LogP contribution < -0.4 is 9.47 Å². The Labute approximate surface area is 82.3 Å². The van der Waals surface area contributed by atoms with Crippen molar-refractivity contribution in [2.45, 2.75) is 6.10 Å². The van der Waals surface area contributed by atoms with Crippen molar-refractivity contribution in [2.24, 2.45) is 0 Å². The van der Waals surface area contributed by atoms with Crippen molar-refractivity contribution in [3.8, 4) is 23.8 Å². The lowest BCUT2D eigenvalue weighted by Crippen LogP contribution is -2.15. The standard InChI is InChI=1S/C11H10O3/c1-2-9(12)8-3-4-10-11(7-8)14-6-5-13-10/h1,3-4,7,9,12H,5-6H2. The number of aliphatic hydroxyl groups excluding tert-OH is 1. The van der Waals surface area contributed by atoms with E-state index < -0.39 is 6.10 Å². The molecule has 0 spiro atoms. The van der Waals surface area contributed by atoms with Gasteiger partial charge in [0.1, 0.15) is 19.3 Å². The normalized spacial score (nSPS) is 15.7. The summed E-state index contributed by atoms with van der Waals surface area (Å²) in [5.41, 5.74) is 0.650. The van der Waals surface area contributed by atoms with E-state index in [4.69, 9.17) is 15.9 Å². The molecule has 0 bridgehead atoms. The first-order chi connectivity index (χ1) is 6.81. The minimum Gasteiger partial charge on any atom is -0.486 e. The Bertz CT molecular complexity index is 379. The molecule has 0 aliphatic carbocycles. The van der Waals surface area contributed by atoms with Gasteiger partial charge < -0.3 is 14.6 Å². The van der Waals surface area contributed by atoms with Crippen LogP contribution in [-0.4, -0.2) is 18.3 Å². The first kappa shape index (κ1) is 8.92. The highest BCUT2D eigenvalue weighted by molar-refractivity contribution is 5.45. The maximum Gasteiger partial charge on any atom is 0.161 e. The van der Waals surface area contributed by atoms with Gasteiger partial charge in [0.15, 0.2) is 11.5 Å². The van der Waals surface area contributed by atoms with Gasteiger partial charge in [0, 0.05) is 0 Å². The van der Waals surface area contributed by atoms with Gasteiger partial charge in [-0.05, 0) is 17.7 Å². The second-order valence-corrected chi connectivity index (χ2v) is 2.97. The maximum absolute atomic E-state index is 9.40. The monoisotopic (exact) mass is 190 g/mol. The first-order valence-corrected chi connectivity index (χ1v) is 4.35. The van der Waals surface area contributed by atoms with E-state index in [9.17, 15) is 5.11 Å². The van der Waals surface area contributed by atoms with Crippen LogP contribution in [-0.2, 0) is 0 Å². The van der Waals surface area contributed by atoms with Gasteiger partial charge in [0.25, 0.3) is 0 Å². The second kappa shape index (κ2) is 3.60. The fourth-order valence-electron chi connectivity index (χ4n) is 1.33. The summed E-state index contributed by atoms with van der Waals surface area (Å²) >= 11 is 0. The summed E-state index contributed by atoms with van der Waals surface area (Å²) in [6.07, 6.45) is 4.22. The molecule has 1 aromatic rings. The molecule has 1 unspecified atom stereocenters. The zero-order valence-corrected chi connectivity index (χ0v) is 7.56. The zero-order valence-electron chi connectivity index (χ0n) is 7.56. The largest absolute Gasteiger partial charge is 0.486 e. The van der Waals surface area contributed by atoms with Crippen LogP contribution in [0.5, 0.6) is 11.5 Å². The molecule has 14 heavy (non-hydrogen) atoms. The fourth-order valence-corrected chi connectivity index (χ4v) is 1.33. The molecule has 0 fully saturated rings. The van der Waals surface area contributed by atoms with Crippen LogP contribution in [0.3, 0.4) is 0 Å². The molecule has 2 rings (SSSR count). The van der Waals surface area contributed by atoms with Crippen LogP contribution in [0, 0.1) is 12.3 Å². The molecule has 0 saturated heterocycles. The predicted octanol–water partition coefficient (Wildman–Crippen LogP) is 1.12. The molecule has 1 aliphatic heterocycles. The van der Waals surface area contributed by atoms with E-state index in [1.165, 1.54) is 0 Å². The van der Waals surface area contributed by atoms with E-state index in [0.29, 0.717) is 30.3 Å². The molecule has 0 radical (unpaired) electrons. The van der Waals surface area contributed by atoms with Crippen LogP contribution in [0.25, 0.3) is 0 Å². The van der Waals surface area contributed by atoms with Crippen LogP contribution in [0.2, 0.25) is 0 Å². The molecule has 1 heterocycles.